The molecule has 3 rings (SSSR count). The molecule has 4 atom stereocenters. The summed E-state index contributed by atoms with van der Waals surface area (Å²) in [4.78, 5) is 15.0. The van der Waals surface area contributed by atoms with Crippen molar-refractivity contribution in [3.8, 4) is 0 Å². The average Bonchev–Trinajstić information content (AvgIpc) is 2.97. The Labute approximate surface area is 117 Å². The summed E-state index contributed by atoms with van der Waals surface area (Å²) in [5, 5.41) is 0. The van der Waals surface area contributed by atoms with Gasteiger partial charge in [0.1, 0.15) is 0 Å². The van der Waals surface area contributed by atoms with E-state index in [0.29, 0.717) is 29.8 Å². The number of fused-ring (bicyclic) bond motifs is 2. The molecule has 2 heteroatoms. The Morgan fingerprint density at radius 1 is 1.11 bits per heavy atom. The van der Waals surface area contributed by atoms with Crippen LogP contribution < -0.4 is 0 Å². The van der Waals surface area contributed by atoms with Crippen molar-refractivity contribution >= 4 is 5.91 Å². The Morgan fingerprint density at radius 3 is 2.32 bits per heavy atom. The van der Waals surface area contributed by atoms with Gasteiger partial charge < -0.3 is 4.90 Å². The van der Waals surface area contributed by atoms with E-state index >= 15 is 0 Å². The number of nitrogens with zero attached hydrogens (tertiary/aromatic N) is 1. The minimum atomic E-state index is 0.415. The van der Waals surface area contributed by atoms with Gasteiger partial charge in [0.2, 0.25) is 5.91 Å². The molecule has 3 fully saturated rings. The van der Waals surface area contributed by atoms with Gasteiger partial charge in [-0.2, -0.15) is 0 Å². The van der Waals surface area contributed by atoms with Crippen LogP contribution in [0.3, 0.4) is 0 Å². The van der Waals surface area contributed by atoms with E-state index in [-0.39, 0.29) is 0 Å². The molecule has 2 nitrogen and oxygen atoms in total. The first-order valence-electron chi connectivity index (χ1n) is 8.37. The summed E-state index contributed by atoms with van der Waals surface area (Å²) in [7, 11) is 0. The summed E-state index contributed by atoms with van der Waals surface area (Å²) in [6.45, 7) is 6.72. The van der Waals surface area contributed by atoms with Crippen molar-refractivity contribution in [1.82, 2.24) is 4.90 Å². The van der Waals surface area contributed by atoms with Crippen molar-refractivity contribution in [3.05, 3.63) is 0 Å². The van der Waals surface area contributed by atoms with Gasteiger partial charge in [0.05, 0.1) is 0 Å². The monoisotopic (exact) mass is 263 g/mol. The lowest BCUT2D eigenvalue weighted by Gasteiger charge is -2.34. The normalized spacial score (nSPS) is 34.8. The van der Waals surface area contributed by atoms with E-state index in [4.69, 9.17) is 0 Å². The molecule has 0 aromatic carbocycles. The third-order valence-electron chi connectivity index (χ3n) is 5.95. The van der Waals surface area contributed by atoms with Gasteiger partial charge in [-0.1, -0.05) is 20.3 Å². The zero-order valence-corrected chi connectivity index (χ0v) is 12.8. The van der Waals surface area contributed by atoms with Gasteiger partial charge in [0, 0.05) is 18.5 Å². The number of carbonyl (C=O) groups excluding carboxylic acids is 1. The fraction of sp³-hybridized carbons (Fsp3) is 0.941. The number of amides is 1. The van der Waals surface area contributed by atoms with Crippen LogP contribution in [0.5, 0.6) is 0 Å². The maximum Gasteiger partial charge on any atom is 0.223 e. The Morgan fingerprint density at radius 2 is 1.84 bits per heavy atom. The van der Waals surface area contributed by atoms with E-state index in [1.165, 1.54) is 38.5 Å². The minimum absolute atomic E-state index is 0.415. The van der Waals surface area contributed by atoms with E-state index in [9.17, 15) is 4.79 Å². The molecular formula is C17H29NO. The number of hydrogen-bond acceptors (Lipinski definition) is 1. The molecule has 0 radical (unpaired) electrons. The molecule has 0 heterocycles. The fourth-order valence-electron chi connectivity index (χ4n) is 4.39. The van der Waals surface area contributed by atoms with Crippen LogP contribution >= 0.6 is 0 Å². The molecule has 0 aromatic rings. The van der Waals surface area contributed by atoms with Crippen molar-refractivity contribution in [3.63, 3.8) is 0 Å². The first-order chi connectivity index (χ1) is 9.06. The lowest BCUT2D eigenvalue weighted by atomic mass is 9.86. The first kappa shape index (κ1) is 13.5. The Bertz CT molecular complexity index is 347. The van der Waals surface area contributed by atoms with Gasteiger partial charge >= 0.3 is 0 Å². The van der Waals surface area contributed by atoms with Crippen LogP contribution in [0.15, 0.2) is 0 Å². The molecule has 2 bridgehead atoms. The number of carbonyl (C=O) groups is 1. The zero-order valence-electron chi connectivity index (χ0n) is 12.8. The minimum Gasteiger partial charge on any atom is -0.337 e. The Kier molecular flexibility index (Phi) is 3.61. The summed E-state index contributed by atoms with van der Waals surface area (Å²) in [6, 6.07) is 0.988. The molecule has 0 aromatic heterocycles. The zero-order chi connectivity index (χ0) is 13.6. The van der Waals surface area contributed by atoms with Gasteiger partial charge in [-0.3, -0.25) is 4.79 Å². The van der Waals surface area contributed by atoms with Gasteiger partial charge in [-0.25, -0.2) is 0 Å². The summed E-state index contributed by atoms with van der Waals surface area (Å²) in [5.41, 5.74) is 0. The maximum absolute atomic E-state index is 12.7. The van der Waals surface area contributed by atoms with Crippen molar-refractivity contribution in [2.75, 3.05) is 0 Å². The fourth-order valence-corrected chi connectivity index (χ4v) is 4.39. The smallest absolute Gasteiger partial charge is 0.223 e. The lowest BCUT2D eigenvalue weighted by Crippen LogP contribution is -2.44. The predicted molar refractivity (Wildman–Crippen MR) is 77.7 cm³/mol. The molecule has 3 aliphatic carbocycles. The molecule has 0 aliphatic heterocycles. The average molecular weight is 263 g/mol. The van der Waals surface area contributed by atoms with E-state index in [1.54, 1.807) is 0 Å². The van der Waals surface area contributed by atoms with Crippen LogP contribution in [-0.2, 0) is 4.79 Å². The third kappa shape index (κ3) is 2.68. The van der Waals surface area contributed by atoms with Crippen molar-refractivity contribution in [1.29, 1.82) is 0 Å². The van der Waals surface area contributed by atoms with Gasteiger partial charge in [0.15, 0.2) is 0 Å². The second-order valence-corrected chi connectivity index (χ2v) is 7.66. The van der Waals surface area contributed by atoms with Crippen molar-refractivity contribution < 1.29 is 4.79 Å². The lowest BCUT2D eigenvalue weighted by molar-refractivity contribution is -0.136. The van der Waals surface area contributed by atoms with E-state index < -0.39 is 0 Å². The van der Waals surface area contributed by atoms with Gasteiger partial charge in [0.25, 0.3) is 0 Å². The Balaban J connectivity index is 1.61. The summed E-state index contributed by atoms with van der Waals surface area (Å²) in [5.74, 6) is 3.58. The molecule has 0 saturated heterocycles. The maximum atomic E-state index is 12.7. The van der Waals surface area contributed by atoms with E-state index in [2.05, 4.69) is 25.7 Å². The van der Waals surface area contributed by atoms with Gasteiger partial charge in [-0.15, -0.1) is 0 Å². The largest absolute Gasteiger partial charge is 0.337 e. The van der Waals surface area contributed by atoms with Crippen LogP contribution in [0.4, 0.5) is 0 Å². The molecule has 108 valence electrons. The molecule has 3 aliphatic rings. The Hall–Kier alpha value is -0.530. The van der Waals surface area contributed by atoms with Crippen LogP contribution in [0.2, 0.25) is 0 Å². The number of rotatable bonds is 5. The second-order valence-electron chi connectivity index (χ2n) is 7.66. The van der Waals surface area contributed by atoms with Crippen molar-refractivity contribution in [2.24, 2.45) is 23.7 Å². The molecule has 1 amide bonds. The quantitative estimate of drug-likeness (QED) is 0.738. The third-order valence-corrected chi connectivity index (χ3v) is 5.95. The van der Waals surface area contributed by atoms with Crippen molar-refractivity contribution in [2.45, 2.75) is 77.8 Å². The summed E-state index contributed by atoms with van der Waals surface area (Å²) < 4.78 is 0. The summed E-state index contributed by atoms with van der Waals surface area (Å²) in [6.07, 6.45) is 8.90. The molecular weight excluding hydrogens is 234 g/mol. The van der Waals surface area contributed by atoms with Crippen LogP contribution in [-0.4, -0.2) is 22.9 Å². The molecule has 0 N–H and O–H groups in total. The standard InChI is InChI=1S/C17H29NO/c1-11(2)12(3)18(16-6-7-16)17(19)10-15-9-13-4-5-14(15)8-13/h11-16H,4-10H2,1-3H3. The highest BCUT2D eigenvalue weighted by Gasteiger charge is 2.43. The highest BCUT2D eigenvalue weighted by Crippen LogP contribution is 2.50. The molecule has 4 unspecified atom stereocenters. The number of hydrogen-bond donors (Lipinski definition) is 0. The summed E-state index contributed by atoms with van der Waals surface area (Å²) >= 11 is 0. The first-order valence-corrected chi connectivity index (χ1v) is 8.37. The van der Waals surface area contributed by atoms with Crippen LogP contribution in [0, 0.1) is 23.7 Å². The van der Waals surface area contributed by atoms with Crippen LogP contribution in [0.1, 0.15) is 65.7 Å². The molecule has 19 heavy (non-hydrogen) atoms. The topological polar surface area (TPSA) is 20.3 Å². The highest BCUT2D eigenvalue weighted by atomic mass is 16.2. The van der Waals surface area contributed by atoms with Crippen LogP contribution in [0.25, 0.3) is 0 Å². The molecule has 0 spiro atoms. The van der Waals surface area contributed by atoms with E-state index in [1.807, 2.05) is 0 Å². The molecule has 3 saturated carbocycles. The second kappa shape index (κ2) is 5.10. The highest BCUT2D eigenvalue weighted by molar-refractivity contribution is 5.77. The predicted octanol–water partition coefficient (Wildman–Crippen LogP) is 3.85. The SMILES string of the molecule is CC(C)C(C)N(C(=O)CC1CC2CCC1C2)C1CC1. The van der Waals surface area contributed by atoms with E-state index in [0.717, 1.165) is 18.3 Å². The van der Waals surface area contributed by atoms with Gasteiger partial charge in [-0.05, 0) is 62.7 Å².